The van der Waals surface area contributed by atoms with Crippen molar-refractivity contribution in [2.75, 3.05) is 12.4 Å². The molecule has 1 aromatic heterocycles. The number of methoxy groups -OCH3 is 1. The van der Waals surface area contributed by atoms with Gasteiger partial charge < -0.3 is 14.6 Å². The first-order chi connectivity index (χ1) is 13.8. The molecule has 3 aromatic rings. The second-order valence-corrected chi connectivity index (χ2v) is 8.01. The number of sulfonamides is 1. The lowest BCUT2D eigenvalue weighted by Crippen LogP contribution is -2.23. The van der Waals surface area contributed by atoms with Crippen LogP contribution in [0.3, 0.4) is 0 Å². The van der Waals surface area contributed by atoms with Crippen molar-refractivity contribution in [1.29, 1.82) is 0 Å². The third-order valence-corrected chi connectivity index (χ3v) is 5.38. The molecule has 0 spiro atoms. The summed E-state index contributed by atoms with van der Waals surface area (Å²) in [6.45, 7) is 3.11. The van der Waals surface area contributed by atoms with Gasteiger partial charge in [-0.2, -0.15) is 4.98 Å². The Morgan fingerprint density at radius 1 is 1.17 bits per heavy atom. The second-order valence-electron chi connectivity index (χ2n) is 6.25. The van der Waals surface area contributed by atoms with E-state index in [0.717, 1.165) is 11.1 Å². The van der Waals surface area contributed by atoms with Gasteiger partial charge in [0.1, 0.15) is 5.75 Å². The van der Waals surface area contributed by atoms with Crippen LogP contribution in [0, 0.1) is 6.92 Å². The van der Waals surface area contributed by atoms with Crippen molar-refractivity contribution in [3.8, 4) is 17.1 Å². The summed E-state index contributed by atoms with van der Waals surface area (Å²) in [5.74, 6) is 0.496. The molecule has 9 nitrogen and oxygen atoms in total. The van der Waals surface area contributed by atoms with Crippen LogP contribution in [-0.4, -0.2) is 31.6 Å². The maximum absolute atomic E-state index is 12.6. The van der Waals surface area contributed by atoms with E-state index in [0.29, 0.717) is 11.6 Å². The van der Waals surface area contributed by atoms with E-state index in [4.69, 9.17) is 9.26 Å². The molecule has 0 unspecified atom stereocenters. The molecular formula is C19H20N4O5S. The van der Waals surface area contributed by atoms with Crippen LogP contribution in [0.25, 0.3) is 11.4 Å². The van der Waals surface area contributed by atoms with Gasteiger partial charge in [0.05, 0.1) is 24.2 Å². The smallest absolute Gasteiger partial charge is 0.242 e. The number of rotatable bonds is 7. The van der Waals surface area contributed by atoms with Crippen LogP contribution >= 0.6 is 0 Å². The van der Waals surface area contributed by atoms with Crippen LogP contribution in [0.2, 0.25) is 0 Å². The van der Waals surface area contributed by atoms with E-state index < -0.39 is 10.0 Å². The molecule has 0 saturated heterocycles. The molecule has 0 aliphatic carbocycles. The predicted octanol–water partition coefficient (Wildman–Crippen LogP) is 2.49. The summed E-state index contributed by atoms with van der Waals surface area (Å²) in [5.41, 5.74) is 2.12. The SMILES string of the molecule is COc1ccc(S(=O)(=O)NCc2nc(-c3ccc(C)cc3)no2)cc1NC(C)=O. The molecule has 0 saturated carbocycles. The quantitative estimate of drug-likeness (QED) is 0.606. The first-order valence-corrected chi connectivity index (χ1v) is 10.1. The van der Waals surface area contributed by atoms with Crippen molar-refractivity contribution in [2.45, 2.75) is 25.3 Å². The van der Waals surface area contributed by atoms with Gasteiger partial charge in [0.2, 0.25) is 27.6 Å². The molecule has 1 heterocycles. The number of anilines is 1. The topological polar surface area (TPSA) is 123 Å². The highest BCUT2D eigenvalue weighted by atomic mass is 32.2. The monoisotopic (exact) mass is 416 g/mol. The number of ether oxygens (including phenoxy) is 1. The normalized spacial score (nSPS) is 11.3. The summed E-state index contributed by atoms with van der Waals surface area (Å²) < 4.78 is 37.9. The van der Waals surface area contributed by atoms with Crippen LogP contribution in [0.15, 0.2) is 51.9 Å². The summed E-state index contributed by atoms with van der Waals surface area (Å²) in [6.07, 6.45) is 0. The number of carbonyl (C=O) groups is 1. The van der Waals surface area contributed by atoms with Crippen LogP contribution in [0.5, 0.6) is 5.75 Å². The first kappa shape index (κ1) is 20.5. The van der Waals surface area contributed by atoms with Crippen molar-refractivity contribution in [1.82, 2.24) is 14.9 Å². The number of nitrogens with one attached hydrogen (secondary N) is 2. The van der Waals surface area contributed by atoms with E-state index in [-0.39, 0.29) is 28.9 Å². The second kappa shape index (κ2) is 8.41. The van der Waals surface area contributed by atoms with Crippen LogP contribution in [0.1, 0.15) is 18.4 Å². The molecule has 10 heteroatoms. The number of amides is 1. The molecular weight excluding hydrogens is 396 g/mol. The zero-order chi connectivity index (χ0) is 21.0. The Bertz CT molecular complexity index is 1120. The Morgan fingerprint density at radius 3 is 2.55 bits per heavy atom. The lowest BCUT2D eigenvalue weighted by atomic mass is 10.1. The fourth-order valence-corrected chi connectivity index (χ4v) is 3.53. The van der Waals surface area contributed by atoms with Gasteiger partial charge in [0.15, 0.2) is 0 Å². The minimum Gasteiger partial charge on any atom is -0.495 e. The van der Waals surface area contributed by atoms with Crippen molar-refractivity contribution >= 4 is 21.6 Å². The Balaban J connectivity index is 1.75. The number of hydrogen-bond acceptors (Lipinski definition) is 7. The van der Waals surface area contributed by atoms with E-state index in [9.17, 15) is 13.2 Å². The van der Waals surface area contributed by atoms with Gasteiger partial charge >= 0.3 is 0 Å². The lowest BCUT2D eigenvalue weighted by Gasteiger charge is -2.11. The fraction of sp³-hybridized carbons (Fsp3) is 0.211. The minimum absolute atomic E-state index is 0.0414. The Kier molecular flexibility index (Phi) is 5.95. The van der Waals surface area contributed by atoms with Crippen LogP contribution in [-0.2, 0) is 21.4 Å². The third kappa shape index (κ3) is 4.98. The van der Waals surface area contributed by atoms with Gasteiger partial charge in [-0.05, 0) is 25.1 Å². The fourth-order valence-electron chi connectivity index (χ4n) is 2.53. The van der Waals surface area contributed by atoms with Crippen molar-refractivity contribution < 1.29 is 22.5 Å². The maximum Gasteiger partial charge on any atom is 0.242 e. The molecule has 3 rings (SSSR count). The summed E-state index contributed by atoms with van der Waals surface area (Å²) in [7, 11) is -2.46. The standard InChI is InChI=1S/C19H20N4O5S/c1-12-4-6-14(7-5-12)19-22-18(28-23-19)11-20-29(25,26)15-8-9-17(27-3)16(10-15)21-13(2)24/h4-10,20H,11H2,1-3H3,(H,21,24). The maximum atomic E-state index is 12.6. The van der Waals surface area contributed by atoms with E-state index in [1.54, 1.807) is 0 Å². The molecule has 0 bridgehead atoms. The highest BCUT2D eigenvalue weighted by Gasteiger charge is 2.19. The van der Waals surface area contributed by atoms with Crippen LogP contribution in [0.4, 0.5) is 5.69 Å². The molecule has 0 fully saturated rings. The van der Waals surface area contributed by atoms with E-state index in [1.807, 2.05) is 31.2 Å². The van der Waals surface area contributed by atoms with E-state index in [2.05, 4.69) is 20.2 Å². The van der Waals surface area contributed by atoms with Crippen LogP contribution < -0.4 is 14.8 Å². The zero-order valence-corrected chi connectivity index (χ0v) is 16.9. The number of aromatic nitrogens is 2. The molecule has 0 aliphatic heterocycles. The molecule has 2 N–H and O–H groups in total. The number of benzene rings is 2. The number of aryl methyl sites for hydroxylation is 1. The molecule has 1 amide bonds. The molecule has 0 aliphatic rings. The predicted molar refractivity (Wildman–Crippen MR) is 106 cm³/mol. The van der Waals surface area contributed by atoms with Gasteiger partial charge in [-0.25, -0.2) is 13.1 Å². The average molecular weight is 416 g/mol. The van der Waals surface area contributed by atoms with E-state index in [1.165, 1.54) is 32.2 Å². The summed E-state index contributed by atoms with van der Waals surface area (Å²) >= 11 is 0. The third-order valence-electron chi connectivity index (χ3n) is 3.98. The molecule has 0 atom stereocenters. The highest BCUT2D eigenvalue weighted by Crippen LogP contribution is 2.27. The average Bonchev–Trinajstić information content (AvgIpc) is 3.15. The molecule has 0 radical (unpaired) electrons. The van der Waals surface area contributed by atoms with Crippen molar-refractivity contribution in [3.05, 3.63) is 53.9 Å². The molecule has 2 aromatic carbocycles. The van der Waals surface area contributed by atoms with Crippen molar-refractivity contribution in [2.24, 2.45) is 0 Å². The minimum atomic E-state index is -3.89. The highest BCUT2D eigenvalue weighted by molar-refractivity contribution is 7.89. The summed E-state index contributed by atoms with van der Waals surface area (Å²) in [5, 5.41) is 6.41. The number of nitrogens with zero attached hydrogens (tertiary/aromatic N) is 2. The number of hydrogen-bond donors (Lipinski definition) is 2. The zero-order valence-electron chi connectivity index (χ0n) is 16.1. The van der Waals surface area contributed by atoms with Gasteiger partial charge in [-0.1, -0.05) is 35.0 Å². The summed E-state index contributed by atoms with van der Waals surface area (Å²) in [4.78, 5) is 15.5. The van der Waals surface area contributed by atoms with E-state index >= 15 is 0 Å². The van der Waals surface area contributed by atoms with Gasteiger partial charge in [0, 0.05) is 12.5 Å². The van der Waals surface area contributed by atoms with Gasteiger partial charge in [-0.15, -0.1) is 0 Å². The van der Waals surface area contributed by atoms with Gasteiger partial charge in [0.25, 0.3) is 0 Å². The lowest BCUT2D eigenvalue weighted by molar-refractivity contribution is -0.114. The Hall–Kier alpha value is -3.24. The largest absolute Gasteiger partial charge is 0.495 e. The summed E-state index contributed by atoms with van der Waals surface area (Å²) in [6, 6.07) is 11.7. The van der Waals surface area contributed by atoms with Crippen molar-refractivity contribution in [3.63, 3.8) is 0 Å². The van der Waals surface area contributed by atoms with Gasteiger partial charge in [-0.3, -0.25) is 4.79 Å². The Labute approximate surface area is 168 Å². The Morgan fingerprint density at radius 2 is 1.90 bits per heavy atom. The molecule has 29 heavy (non-hydrogen) atoms. The first-order valence-electron chi connectivity index (χ1n) is 8.63. The molecule has 152 valence electrons. The number of carbonyl (C=O) groups excluding carboxylic acids is 1.